The SMILES string of the molecule is COc1ccc(Oc2c(N)cnc3ccccc23)cc1. The third kappa shape index (κ3) is 2.23. The smallest absolute Gasteiger partial charge is 0.161 e. The molecule has 2 N–H and O–H groups in total. The summed E-state index contributed by atoms with van der Waals surface area (Å²) < 4.78 is 11.0. The number of aromatic nitrogens is 1. The average Bonchev–Trinajstić information content (AvgIpc) is 2.51. The molecule has 0 fully saturated rings. The molecule has 3 aromatic rings. The number of anilines is 1. The van der Waals surface area contributed by atoms with Crippen LogP contribution in [0.1, 0.15) is 0 Å². The van der Waals surface area contributed by atoms with Crippen LogP contribution in [0.15, 0.2) is 54.7 Å². The standard InChI is InChI=1S/C16H14N2O2/c1-19-11-6-8-12(9-7-11)20-16-13-4-2-3-5-15(13)18-10-14(16)17/h2-10H,17H2,1H3. The number of nitrogens with two attached hydrogens (primary N) is 1. The van der Waals surface area contributed by atoms with Gasteiger partial charge in [-0.25, -0.2) is 0 Å². The molecular weight excluding hydrogens is 252 g/mol. The summed E-state index contributed by atoms with van der Waals surface area (Å²) in [5.41, 5.74) is 7.34. The van der Waals surface area contributed by atoms with Gasteiger partial charge in [0.05, 0.1) is 24.5 Å². The summed E-state index contributed by atoms with van der Waals surface area (Å²) >= 11 is 0. The second-order valence-corrected chi connectivity index (χ2v) is 4.34. The molecule has 0 radical (unpaired) electrons. The fraction of sp³-hybridized carbons (Fsp3) is 0.0625. The van der Waals surface area contributed by atoms with Crippen molar-refractivity contribution >= 4 is 16.6 Å². The molecule has 0 aliphatic heterocycles. The second-order valence-electron chi connectivity index (χ2n) is 4.34. The maximum atomic E-state index is 5.98. The molecule has 0 amide bonds. The van der Waals surface area contributed by atoms with Gasteiger partial charge in [0.15, 0.2) is 5.75 Å². The fourth-order valence-corrected chi connectivity index (χ4v) is 2.01. The van der Waals surface area contributed by atoms with Gasteiger partial charge in [-0.2, -0.15) is 0 Å². The number of hydrogen-bond donors (Lipinski definition) is 1. The van der Waals surface area contributed by atoms with Crippen LogP contribution in [-0.4, -0.2) is 12.1 Å². The molecule has 100 valence electrons. The van der Waals surface area contributed by atoms with E-state index in [1.807, 2.05) is 48.5 Å². The highest BCUT2D eigenvalue weighted by Crippen LogP contribution is 2.34. The van der Waals surface area contributed by atoms with Gasteiger partial charge in [0, 0.05) is 5.39 Å². The molecule has 0 bridgehead atoms. The van der Waals surface area contributed by atoms with E-state index in [1.54, 1.807) is 13.3 Å². The Hall–Kier alpha value is -2.75. The molecule has 2 aromatic carbocycles. The minimum atomic E-state index is 0.513. The van der Waals surface area contributed by atoms with Gasteiger partial charge in [-0.3, -0.25) is 4.98 Å². The van der Waals surface area contributed by atoms with Crippen LogP contribution in [0.25, 0.3) is 10.9 Å². The van der Waals surface area contributed by atoms with Crippen LogP contribution >= 0.6 is 0 Å². The van der Waals surface area contributed by atoms with Crippen LogP contribution in [0, 0.1) is 0 Å². The Balaban J connectivity index is 2.02. The zero-order valence-electron chi connectivity index (χ0n) is 11.0. The molecule has 1 aromatic heterocycles. The van der Waals surface area contributed by atoms with Crippen molar-refractivity contribution in [1.29, 1.82) is 0 Å². The minimum Gasteiger partial charge on any atom is -0.497 e. The lowest BCUT2D eigenvalue weighted by atomic mass is 10.2. The predicted octanol–water partition coefficient (Wildman–Crippen LogP) is 3.62. The van der Waals surface area contributed by atoms with Gasteiger partial charge in [-0.15, -0.1) is 0 Å². The Morgan fingerprint density at radius 3 is 2.40 bits per heavy atom. The first-order chi connectivity index (χ1) is 9.78. The lowest BCUT2D eigenvalue weighted by Crippen LogP contribution is -1.95. The van der Waals surface area contributed by atoms with Crippen molar-refractivity contribution in [2.75, 3.05) is 12.8 Å². The van der Waals surface area contributed by atoms with Crippen molar-refractivity contribution in [1.82, 2.24) is 4.98 Å². The van der Waals surface area contributed by atoms with Crippen LogP contribution in [0.5, 0.6) is 17.2 Å². The van der Waals surface area contributed by atoms with Gasteiger partial charge in [-0.1, -0.05) is 12.1 Å². The van der Waals surface area contributed by atoms with E-state index < -0.39 is 0 Å². The summed E-state index contributed by atoms with van der Waals surface area (Å²) in [5, 5.41) is 0.892. The van der Waals surface area contributed by atoms with Crippen LogP contribution < -0.4 is 15.2 Å². The zero-order chi connectivity index (χ0) is 13.9. The summed E-state index contributed by atoms with van der Waals surface area (Å²) in [5.74, 6) is 2.11. The number of pyridine rings is 1. The molecule has 0 spiro atoms. The largest absolute Gasteiger partial charge is 0.497 e. The summed E-state index contributed by atoms with van der Waals surface area (Å²) in [6, 6.07) is 15.1. The molecule has 0 aliphatic carbocycles. The van der Waals surface area contributed by atoms with E-state index in [0.29, 0.717) is 17.2 Å². The predicted molar refractivity (Wildman–Crippen MR) is 79.2 cm³/mol. The molecule has 0 aliphatic rings. The maximum absolute atomic E-state index is 5.98. The van der Waals surface area contributed by atoms with Gasteiger partial charge in [0.25, 0.3) is 0 Å². The van der Waals surface area contributed by atoms with Crippen molar-refractivity contribution < 1.29 is 9.47 Å². The number of hydrogen-bond acceptors (Lipinski definition) is 4. The monoisotopic (exact) mass is 266 g/mol. The molecule has 4 heteroatoms. The zero-order valence-corrected chi connectivity index (χ0v) is 11.0. The van der Waals surface area contributed by atoms with E-state index in [0.717, 1.165) is 16.7 Å². The average molecular weight is 266 g/mol. The van der Waals surface area contributed by atoms with Crippen LogP contribution in [0.3, 0.4) is 0 Å². The first kappa shape index (κ1) is 12.3. The molecule has 20 heavy (non-hydrogen) atoms. The highest BCUT2D eigenvalue weighted by atomic mass is 16.5. The van der Waals surface area contributed by atoms with E-state index >= 15 is 0 Å². The molecule has 0 unspecified atom stereocenters. The Morgan fingerprint density at radius 2 is 1.65 bits per heavy atom. The minimum absolute atomic E-state index is 0.513. The van der Waals surface area contributed by atoms with E-state index in [4.69, 9.17) is 15.2 Å². The Bertz CT molecular complexity index is 739. The number of methoxy groups -OCH3 is 1. The topological polar surface area (TPSA) is 57.4 Å². The molecular formula is C16H14N2O2. The van der Waals surface area contributed by atoms with Gasteiger partial charge in [0.1, 0.15) is 11.5 Å². The lowest BCUT2D eigenvalue weighted by molar-refractivity contribution is 0.413. The summed E-state index contributed by atoms with van der Waals surface area (Å²) in [6.07, 6.45) is 1.61. The molecule has 1 heterocycles. The number of benzene rings is 2. The summed E-state index contributed by atoms with van der Waals surface area (Å²) in [6.45, 7) is 0. The number of nitrogens with zero attached hydrogens (tertiary/aromatic N) is 1. The van der Waals surface area contributed by atoms with E-state index in [-0.39, 0.29) is 0 Å². The van der Waals surface area contributed by atoms with Crippen molar-refractivity contribution in [3.63, 3.8) is 0 Å². The number of rotatable bonds is 3. The van der Waals surface area contributed by atoms with Gasteiger partial charge in [0.2, 0.25) is 0 Å². The summed E-state index contributed by atoms with van der Waals surface area (Å²) in [4.78, 5) is 4.29. The lowest BCUT2D eigenvalue weighted by Gasteiger charge is -2.11. The molecule has 4 nitrogen and oxygen atoms in total. The van der Waals surface area contributed by atoms with Crippen LogP contribution in [0.2, 0.25) is 0 Å². The second kappa shape index (κ2) is 5.09. The van der Waals surface area contributed by atoms with Crippen molar-refractivity contribution in [2.45, 2.75) is 0 Å². The summed E-state index contributed by atoms with van der Waals surface area (Å²) in [7, 11) is 1.63. The number of para-hydroxylation sites is 1. The van der Waals surface area contributed by atoms with Crippen molar-refractivity contribution in [2.24, 2.45) is 0 Å². The highest BCUT2D eigenvalue weighted by Gasteiger charge is 2.08. The van der Waals surface area contributed by atoms with Crippen LogP contribution in [0.4, 0.5) is 5.69 Å². The van der Waals surface area contributed by atoms with Gasteiger partial charge >= 0.3 is 0 Å². The Kier molecular flexibility index (Phi) is 3.13. The van der Waals surface area contributed by atoms with E-state index in [9.17, 15) is 0 Å². The third-order valence-corrected chi connectivity index (χ3v) is 3.03. The van der Waals surface area contributed by atoms with E-state index in [1.165, 1.54) is 0 Å². The Labute approximate surface area is 116 Å². The highest BCUT2D eigenvalue weighted by molar-refractivity contribution is 5.89. The molecule has 0 saturated carbocycles. The van der Waals surface area contributed by atoms with E-state index in [2.05, 4.69) is 4.98 Å². The Morgan fingerprint density at radius 1 is 0.950 bits per heavy atom. The van der Waals surface area contributed by atoms with Crippen LogP contribution in [-0.2, 0) is 0 Å². The van der Waals surface area contributed by atoms with Gasteiger partial charge in [-0.05, 0) is 36.4 Å². The van der Waals surface area contributed by atoms with Gasteiger partial charge < -0.3 is 15.2 Å². The first-order valence-electron chi connectivity index (χ1n) is 6.23. The fourth-order valence-electron chi connectivity index (χ4n) is 2.01. The van der Waals surface area contributed by atoms with Crippen molar-refractivity contribution in [3.8, 4) is 17.2 Å². The maximum Gasteiger partial charge on any atom is 0.161 e. The molecule has 0 atom stereocenters. The quantitative estimate of drug-likeness (QED) is 0.786. The number of fused-ring (bicyclic) bond motifs is 1. The molecule has 0 saturated heterocycles. The van der Waals surface area contributed by atoms with Crippen molar-refractivity contribution in [3.05, 3.63) is 54.7 Å². The number of ether oxygens (including phenoxy) is 2. The number of nitrogen functional groups attached to an aromatic ring is 1. The third-order valence-electron chi connectivity index (χ3n) is 3.03. The molecule has 3 rings (SSSR count). The normalized spacial score (nSPS) is 10.4. The first-order valence-corrected chi connectivity index (χ1v) is 6.23.